The van der Waals surface area contributed by atoms with Crippen LogP contribution in [0.5, 0.6) is 0 Å². The van der Waals surface area contributed by atoms with Gasteiger partial charge in [-0.25, -0.2) is 0 Å². The average Bonchev–Trinajstić information content (AvgIpc) is 2.27. The van der Waals surface area contributed by atoms with Crippen LogP contribution < -0.4 is 0 Å². The van der Waals surface area contributed by atoms with E-state index in [1.807, 2.05) is 0 Å². The third-order valence-electron chi connectivity index (χ3n) is 2.77. The van der Waals surface area contributed by atoms with Crippen molar-refractivity contribution in [1.29, 1.82) is 0 Å². The highest BCUT2D eigenvalue weighted by Gasteiger charge is 2.34. The van der Waals surface area contributed by atoms with E-state index in [0.29, 0.717) is 5.56 Å². The van der Waals surface area contributed by atoms with Gasteiger partial charge in [-0.2, -0.15) is 13.2 Å². The van der Waals surface area contributed by atoms with Gasteiger partial charge in [-0.1, -0.05) is 54.4 Å². The molecule has 1 aromatic rings. The molecule has 20 heavy (non-hydrogen) atoms. The summed E-state index contributed by atoms with van der Waals surface area (Å²) in [6, 6.07) is 3.70. The summed E-state index contributed by atoms with van der Waals surface area (Å²) in [5.41, 5.74) is -1.01. The summed E-state index contributed by atoms with van der Waals surface area (Å²) < 4.78 is 38.3. The summed E-state index contributed by atoms with van der Waals surface area (Å²) in [5, 5.41) is -0.338. The standard InChI is InChI=1S/C14H15BrClF3O/c1-13(2,3)12(20)10(15)7-8-4-5-11(16)9(6-8)14(17,18)19/h4-6,10H,7H2,1-3H3. The molecule has 1 unspecified atom stereocenters. The van der Waals surface area contributed by atoms with Crippen LogP contribution in [0, 0.1) is 5.41 Å². The van der Waals surface area contributed by atoms with Gasteiger partial charge in [-0.3, -0.25) is 4.79 Å². The Balaban J connectivity index is 2.98. The van der Waals surface area contributed by atoms with Crippen LogP contribution >= 0.6 is 27.5 Å². The van der Waals surface area contributed by atoms with Gasteiger partial charge in [0.1, 0.15) is 0 Å². The van der Waals surface area contributed by atoms with E-state index in [2.05, 4.69) is 15.9 Å². The zero-order valence-electron chi connectivity index (χ0n) is 11.3. The second-order valence-corrected chi connectivity index (χ2v) is 7.11. The Kier molecular flexibility index (Phi) is 5.30. The van der Waals surface area contributed by atoms with Gasteiger partial charge in [0.2, 0.25) is 0 Å². The smallest absolute Gasteiger partial charge is 0.298 e. The number of hydrogen-bond donors (Lipinski definition) is 0. The van der Waals surface area contributed by atoms with Gasteiger partial charge < -0.3 is 0 Å². The molecule has 0 N–H and O–H groups in total. The quantitative estimate of drug-likeness (QED) is 0.661. The monoisotopic (exact) mass is 370 g/mol. The molecule has 0 radical (unpaired) electrons. The number of carbonyl (C=O) groups is 1. The summed E-state index contributed by atoms with van der Waals surface area (Å²) >= 11 is 8.80. The molecule has 0 saturated heterocycles. The summed E-state index contributed by atoms with van der Waals surface area (Å²) in [5.74, 6) is -0.0546. The van der Waals surface area contributed by atoms with E-state index < -0.39 is 22.0 Å². The largest absolute Gasteiger partial charge is 0.417 e. The van der Waals surface area contributed by atoms with Crippen molar-refractivity contribution in [2.45, 2.75) is 38.2 Å². The van der Waals surface area contributed by atoms with E-state index in [1.165, 1.54) is 12.1 Å². The van der Waals surface area contributed by atoms with E-state index in [-0.39, 0.29) is 17.2 Å². The van der Waals surface area contributed by atoms with Crippen LogP contribution in [0.15, 0.2) is 18.2 Å². The molecule has 0 amide bonds. The number of benzene rings is 1. The van der Waals surface area contributed by atoms with Crippen molar-refractivity contribution < 1.29 is 18.0 Å². The molecule has 6 heteroatoms. The highest BCUT2D eigenvalue weighted by molar-refractivity contribution is 9.10. The molecule has 0 heterocycles. The molecular weight excluding hydrogens is 357 g/mol. The number of carbonyl (C=O) groups excluding carboxylic acids is 1. The van der Waals surface area contributed by atoms with Crippen molar-refractivity contribution in [2.75, 3.05) is 0 Å². The predicted molar refractivity (Wildman–Crippen MR) is 77.3 cm³/mol. The fourth-order valence-corrected chi connectivity index (χ4v) is 2.97. The Morgan fingerprint density at radius 1 is 1.30 bits per heavy atom. The first-order chi connectivity index (χ1) is 8.93. The topological polar surface area (TPSA) is 17.1 Å². The highest BCUT2D eigenvalue weighted by Crippen LogP contribution is 2.35. The molecule has 0 saturated carbocycles. The van der Waals surface area contributed by atoms with E-state index in [4.69, 9.17) is 11.6 Å². The van der Waals surface area contributed by atoms with Crippen LogP contribution in [0.3, 0.4) is 0 Å². The Morgan fingerprint density at radius 3 is 2.30 bits per heavy atom. The molecule has 1 nitrogen and oxygen atoms in total. The van der Waals surface area contributed by atoms with Gasteiger partial charge in [0, 0.05) is 5.41 Å². The fraction of sp³-hybridized carbons (Fsp3) is 0.500. The molecule has 1 atom stereocenters. The molecule has 0 aliphatic rings. The predicted octanol–water partition coefficient (Wildman–Crippen LogP) is 5.28. The number of hydrogen-bond acceptors (Lipinski definition) is 1. The maximum absolute atomic E-state index is 12.8. The first-order valence-electron chi connectivity index (χ1n) is 5.97. The van der Waals surface area contributed by atoms with E-state index in [1.54, 1.807) is 20.8 Å². The summed E-state index contributed by atoms with van der Waals surface area (Å²) in [6.07, 6.45) is -4.31. The molecule has 0 aromatic heterocycles. The van der Waals surface area contributed by atoms with E-state index >= 15 is 0 Å². The zero-order chi connectivity index (χ0) is 15.7. The van der Waals surface area contributed by atoms with Crippen molar-refractivity contribution in [2.24, 2.45) is 5.41 Å². The summed E-state index contributed by atoms with van der Waals surface area (Å²) in [4.78, 5) is 11.5. The first-order valence-corrected chi connectivity index (χ1v) is 7.26. The molecular formula is C14H15BrClF3O. The van der Waals surface area contributed by atoms with Crippen LogP contribution in [0.4, 0.5) is 13.2 Å². The Bertz CT molecular complexity index is 506. The number of alkyl halides is 4. The van der Waals surface area contributed by atoms with Crippen LogP contribution in [-0.4, -0.2) is 10.6 Å². The van der Waals surface area contributed by atoms with Crippen molar-refractivity contribution in [3.8, 4) is 0 Å². The molecule has 0 aliphatic carbocycles. The number of rotatable bonds is 3. The normalized spacial score (nSPS) is 14.2. The van der Waals surface area contributed by atoms with Gasteiger partial charge in [0.15, 0.2) is 5.78 Å². The SMILES string of the molecule is CC(C)(C)C(=O)C(Br)Cc1ccc(Cl)c(C(F)(F)F)c1. The van der Waals surface area contributed by atoms with Gasteiger partial charge in [-0.05, 0) is 24.1 Å². The van der Waals surface area contributed by atoms with Crippen LogP contribution in [0.2, 0.25) is 5.02 Å². The van der Waals surface area contributed by atoms with Crippen LogP contribution in [0.25, 0.3) is 0 Å². The van der Waals surface area contributed by atoms with Gasteiger partial charge in [-0.15, -0.1) is 0 Å². The lowest BCUT2D eigenvalue weighted by Crippen LogP contribution is -2.30. The lowest BCUT2D eigenvalue weighted by Gasteiger charge is -2.21. The number of Topliss-reactive ketones (excluding diaryl/α,β-unsaturated/α-hetero) is 1. The molecule has 0 bridgehead atoms. The Labute approximate surface area is 129 Å². The Morgan fingerprint density at radius 2 is 1.85 bits per heavy atom. The molecule has 112 valence electrons. The zero-order valence-corrected chi connectivity index (χ0v) is 13.7. The van der Waals surface area contributed by atoms with Crippen molar-refractivity contribution >= 4 is 33.3 Å². The number of ketones is 1. The van der Waals surface area contributed by atoms with Crippen molar-refractivity contribution in [3.05, 3.63) is 34.3 Å². The maximum atomic E-state index is 12.8. The summed E-state index contributed by atoms with van der Waals surface area (Å²) in [7, 11) is 0. The average molecular weight is 372 g/mol. The second kappa shape index (κ2) is 6.06. The molecule has 0 aliphatic heterocycles. The van der Waals surface area contributed by atoms with Gasteiger partial charge in [0.05, 0.1) is 15.4 Å². The third kappa shape index (κ3) is 4.48. The molecule has 1 aromatic carbocycles. The number of halogens is 5. The lowest BCUT2D eigenvalue weighted by molar-refractivity contribution is -0.137. The van der Waals surface area contributed by atoms with Crippen molar-refractivity contribution in [3.63, 3.8) is 0 Å². The van der Waals surface area contributed by atoms with E-state index in [9.17, 15) is 18.0 Å². The molecule has 0 spiro atoms. The molecule has 0 fully saturated rings. The van der Waals surface area contributed by atoms with Gasteiger partial charge >= 0.3 is 6.18 Å². The molecule has 1 rings (SSSR count). The minimum absolute atomic E-state index is 0.0546. The first kappa shape index (κ1) is 17.5. The third-order valence-corrected chi connectivity index (χ3v) is 3.84. The maximum Gasteiger partial charge on any atom is 0.417 e. The van der Waals surface area contributed by atoms with E-state index in [0.717, 1.165) is 6.07 Å². The Hall–Kier alpha value is -0.550. The highest BCUT2D eigenvalue weighted by atomic mass is 79.9. The minimum atomic E-state index is -4.50. The second-order valence-electron chi connectivity index (χ2n) is 5.60. The van der Waals surface area contributed by atoms with Gasteiger partial charge in [0.25, 0.3) is 0 Å². The summed E-state index contributed by atoms with van der Waals surface area (Å²) in [6.45, 7) is 5.31. The van der Waals surface area contributed by atoms with Crippen LogP contribution in [0.1, 0.15) is 31.9 Å². The fourth-order valence-electron chi connectivity index (χ4n) is 1.69. The lowest BCUT2D eigenvalue weighted by atomic mass is 9.87. The minimum Gasteiger partial charge on any atom is -0.298 e. The van der Waals surface area contributed by atoms with Crippen molar-refractivity contribution in [1.82, 2.24) is 0 Å². The van der Waals surface area contributed by atoms with Crippen LogP contribution in [-0.2, 0) is 17.4 Å².